The zero-order valence-corrected chi connectivity index (χ0v) is 19.5. The third kappa shape index (κ3) is 5.02. The Morgan fingerprint density at radius 1 is 1.30 bits per heavy atom. The standard InChI is InChI=1S/C18H31BN4O9S/c1-11(17(20)5-6-17)22-33(29,30)23-8-12(18(21,9-23)14(26)27)4-3-7-19-31-10-16(2,13(24)25)15(28)32-19/h11-12,22H,3-10,20-21H2,1-2H3,(H,24,25)(H,26,27)/t11?,12-,16?,18-/m0/s1. The molecule has 2 saturated heterocycles. The lowest BCUT2D eigenvalue weighted by atomic mass is 9.75. The van der Waals surface area contributed by atoms with Gasteiger partial charge in [0.25, 0.3) is 10.2 Å². The van der Waals surface area contributed by atoms with Gasteiger partial charge in [-0.2, -0.15) is 17.4 Å². The smallest absolute Gasteiger partial charge is 0.509 e. The predicted molar refractivity (Wildman–Crippen MR) is 115 cm³/mol. The number of carboxylic acid groups (broad SMARTS) is 2. The molecule has 13 nitrogen and oxygen atoms in total. The van der Waals surface area contributed by atoms with Crippen LogP contribution in [0.5, 0.6) is 0 Å². The van der Waals surface area contributed by atoms with Crippen molar-refractivity contribution in [2.24, 2.45) is 22.8 Å². The molecule has 0 aromatic heterocycles. The maximum absolute atomic E-state index is 12.8. The summed E-state index contributed by atoms with van der Waals surface area (Å²) in [4.78, 5) is 35.2. The van der Waals surface area contributed by atoms with E-state index in [2.05, 4.69) is 4.72 Å². The van der Waals surface area contributed by atoms with E-state index >= 15 is 0 Å². The highest BCUT2D eigenvalue weighted by atomic mass is 32.2. The molecule has 0 amide bonds. The fourth-order valence-electron chi connectivity index (χ4n) is 4.09. The van der Waals surface area contributed by atoms with E-state index in [1.54, 1.807) is 6.92 Å². The Labute approximate surface area is 192 Å². The van der Waals surface area contributed by atoms with Gasteiger partial charge in [0.15, 0.2) is 5.41 Å². The van der Waals surface area contributed by atoms with Crippen molar-refractivity contribution in [1.82, 2.24) is 9.03 Å². The zero-order chi connectivity index (χ0) is 24.8. The van der Waals surface area contributed by atoms with E-state index in [1.165, 1.54) is 6.92 Å². The first-order valence-corrected chi connectivity index (χ1v) is 12.2. The molecule has 2 unspecified atom stereocenters. The van der Waals surface area contributed by atoms with Gasteiger partial charge in [0.05, 0.1) is 6.61 Å². The first-order chi connectivity index (χ1) is 15.1. The molecule has 3 aliphatic rings. The number of hydrogen-bond donors (Lipinski definition) is 5. The summed E-state index contributed by atoms with van der Waals surface area (Å²) in [5.41, 5.74) is 8.04. The van der Waals surface area contributed by atoms with Crippen LogP contribution in [0, 0.1) is 11.3 Å². The average molecular weight is 490 g/mol. The topological polar surface area (TPSA) is 212 Å². The number of nitrogens with one attached hydrogen (secondary N) is 1. The summed E-state index contributed by atoms with van der Waals surface area (Å²) in [6, 6.07) is -0.506. The Bertz CT molecular complexity index is 930. The lowest BCUT2D eigenvalue weighted by Gasteiger charge is -2.31. The summed E-state index contributed by atoms with van der Waals surface area (Å²) in [7, 11) is -4.97. The van der Waals surface area contributed by atoms with Gasteiger partial charge < -0.3 is 31.0 Å². The van der Waals surface area contributed by atoms with Gasteiger partial charge in [0.1, 0.15) is 5.54 Å². The molecule has 0 aromatic carbocycles. The number of nitrogens with zero attached hydrogens (tertiary/aromatic N) is 1. The molecule has 7 N–H and O–H groups in total. The van der Waals surface area contributed by atoms with Crippen LogP contribution >= 0.6 is 0 Å². The van der Waals surface area contributed by atoms with E-state index < -0.39 is 70.2 Å². The average Bonchev–Trinajstić information content (AvgIpc) is 3.37. The van der Waals surface area contributed by atoms with Crippen molar-refractivity contribution in [3.05, 3.63) is 0 Å². The van der Waals surface area contributed by atoms with Crippen molar-refractivity contribution in [3.8, 4) is 0 Å². The van der Waals surface area contributed by atoms with Gasteiger partial charge in [-0.1, -0.05) is 6.42 Å². The zero-order valence-electron chi connectivity index (χ0n) is 18.7. The minimum atomic E-state index is -4.00. The van der Waals surface area contributed by atoms with Crippen molar-refractivity contribution in [3.63, 3.8) is 0 Å². The first-order valence-electron chi connectivity index (χ1n) is 10.8. The Kier molecular flexibility index (Phi) is 6.87. The molecule has 2 aliphatic heterocycles. The van der Waals surface area contributed by atoms with Crippen molar-refractivity contribution in [2.45, 2.75) is 63.0 Å². The highest BCUT2D eigenvalue weighted by molar-refractivity contribution is 7.87. The van der Waals surface area contributed by atoms with Gasteiger partial charge in [0, 0.05) is 30.6 Å². The molecule has 3 rings (SSSR count). The van der Waals surface area contributed by atoms with Crippen molar-refractivity contribution in [2.75, 3.05) is 19.7 Å². The first kappa shape index (κ1) is 25.8. The van der Waals surface area contributed by atoms with Gasteiger partial charge in [-0.3, -0.25) is 14.4 Å². The summed E-state index contributed by atoms with van der Waals surface area (Å²) >= 11 is 0. The molecule has 0 radical (unpaired) electrons. The highest BCUT2D eigenvalue weighted by Crippen LogP contribution is 2.37. The van der Waals surface area contributed by atoms with Crippen molar-refractivity contribution < 1.29 is 42.3 Å². The second-order valence-electron chi connectivity index (χ2n) is 9.63. The number of hydrogen-bond acceptors (Lipinski definition) is 9. The fourth-order valence-corrected chi connectivity index (χ4v) is 5.68. The van der Waals surface area contributed by atoms with E-state index in [0.717, 1.165) is 4.31 Å². The lowest BCUT2D eigenvalue weighted by molar-refractivity contribution is -0.169. The van der Waals surface area contributed by atoms with Crippen LogP contribution in [0.15, 0.2) is 0 Å². The van der Waals surface area contributed by atoms with Crippen LogP contribution < -0.4 is 16.2 Å². The van der Waals surface area contributed by atoms with E-state index in [4.69, 9.17) is 25.9 Å². The van der Waals surface area contributed by atoms with Gasteiger partial charge >= 0.3 is 25.0 Å². The van der Waals surface area contributed by atoms with Gasteiger partial charge in [-0.15, -0.1) is 0 Å². The van der Waals surface area contributed by atoms with Crippen LogP contribution in [0.2, 0.25) is 6.32 Å². The van der Waals surface area contributed by atoms with Crippen LogP contribution in [0.4, 0.5) is 0 Å². The van der Waals surface area contributed by atoms with Gasteiger partial charge in [-0.05, 0) is 39.4 Å². The summed E-state index contributed by atoms with van der Waals surface area (Å²) < 4.78 is 39.6. The summed E-state index contributed by atoms with van der Waals surface area (Å²) in [5.74, 6) is -4.26. The SMILES string of the molecule is CC(NS(=O)(=O)N1C[C@H](CCCB2OCC(C)(C(=O)O)C(=O)O2)[C@](N)(C(=O)O)C1)C1(N)CC1. The van der Waals surface area contributed by atoms with Crippen LogP contribution in [0.25, 0.3) is 0 Å². The number of carbonyl (C=O) groups excluding carboxylic acids is 1. The lowest BCUT2D eigenvalue weighted by Crippen LogP contribution is -2.56. The van der Waals surface area contributed by atoms with Gasteiger partial charge in [-0.25, -0.2) is 0 Å². The molecule has 1 saturated carbocycles. The Morgan fingerprint density at radius 3 is 2.45 bits per heavy atom. The van der Waals surface area contributed by atoms with Crippen molar-refractivity contribution >= 4 is 35.2 Å². The number of rotatable bonds is 10. The molecule has 4 atom stereocenters. The number of carboxylic acids is 2. The van der Waals surface area contributed by atoms with E-state index in [-0.39, 0.29) is 25.9 Å². The van der Waals surface area contributed by atoms with Crippen molar-refractivity contribution in [1.29, 1.82) is 0 Å². The van der Waals surface area contributed by atoms with Crippen LogP contribution in [-0.2, 0) is 33.9 Å². The number of carbonyl (C=O) groups is 3. The third-order valence-corrected chi connectivity index (χ3v) is 8.66. The summed E-state index contributed by atoms with van der Waals surface area (Å²) in [5, 5.41) is 18.9. The molecule has 33 heavy (non-hydrogen) atoms. The van der Waals surface area contributed by atoms with E-state index in [9.17, 15) is 27.9 Å². The minimum Gasteiger partial charge on any atom is -0.509 e. The monoisotopic (exact) mass is 490 g/mol. The van der Waals surface area contributed by atoms with Crippen LogP contribution in [0.1, 0.15) is 39.5 Å². The summed E-state index contributed by atoms with van der Waals surface area (Å²) in [6.07, 6.45) is 2.15. The predicted octanol–water partition coefficient (Wildman–Crippen LogP) is -1.65. The number of aliphatic carboxylic acids is 2. The molecule has 1 aliphatic carbocycles. The summed E-state index contributed by atoms with van der Waals surface area (Å²) in [6.45, 7) is 2.06. The van der Waals surface area contributed by atoms with Crippen LogP contribution in [0.3, 0.4) is 0 Å². The van der Waals surface area contributed by atoms with E-state index in [0.29, 0.717) is 19.3 Å². The Morgan fingerprint density at radius 2 is 1.94 bits per heavy atom. The molecule has 186 valence electrons. The number of nitrogens with two attached hydrogens (primary N) is 2. The molecular weight excluding hydrogens is 459 g/mol. The Hall–Kier alpha value is -1.78. The van der Waals surface area contributed by atoms with E-state index in [1.807, 2.05) is 0 Å². The molecule has 15 heteroatoms. The largest absolute Gasteiger partial charge is 0.527 e. The normalized spacial score (nSPS) is 32.9. The highest BCUT2D eigenvalue weighted by Gasteiger charge is 2.54. The molecule has 0 bridgehead atoms. The third-order valence-electron chi connectivity index (χ3n) is 7.06. The quantitative estimate of drug-likeness (QED) is 0.173. The molecule has 0 spiro atoms. The molecular formula is C18H31BN4O9S. The second-order valence-corrected chi connectivity index (χ2v) is 11.3. The maximum atomic E-state index is 12.8. The second kappa shape index (κ2) is 8.78. The minimum absolute atomic E-state index is 0.0924. The maximum Gasteiger partial charge on any atom is 0.527 e. The molecule has 2 heterocycles. The van der Waals surface area contributed by atoms with Gasteiger partial charge in [0.2, 0.25) is 0 Å². The molecule has 0 aromatic rings. The Balaban J connectivity index is 1.58. The van der Waals surface area contributed by atoms with Crippen LogP contribution in [-0.4, -0.2) is 84.8 Å². The fraction of sp³-hybridized carbons (Fsp3) is 0.833. The molecule has 3 fully saturated rings.